The van der Waals surface area contributed by atoms with E-state index in [2.05, 4.69) is 37.3 Å². The fourth-order valence-corrected chi connectivity index (χ4v) is 3.11. The van der Waals surface area contributed by atoms with Crippen LogP contribution in [0.3, 0.4) is 0 Å². The average molecular weight is 324 g/mol. The fourth-order valence-electron chi connectivity index (χ4n) is 1.65. The molecule has 3 rings (SSSR count). The summed E-state index contributed by atoms with van der Waals surface area (Å²) in [7, 11) is 0. The number of benzene rings is 1. The molecule has 0 atom stereocenters. The number of halogens is 1. The molecule has 0 radical (unpaired) electrons. The van der Waals surface area contributed by atoms with Crippen LogP contribution in [0.15, 0.2) is 28.9 Å². The number of fused-ring (bicyclic) bond motifs is 1. The summed E-state index contributed by atoms with van der Waals surface area (Å²) in [4.78, 5) is 4.55. The molecule has 0 aliphatic heterocycles. The van der Waals surface area contributed by atoms with Gasteiger partial charge in [-0.25, -0.2) is 4.98 Å². The normalized spacial score (nSPS) is 11.2. The third-order valence-electron chi connectivity index (χ3n) is 2.47. The number of nitrogens with two attached hydrogens (primary N) is 1. The van der Waals surface area contributed by atoms with Gasteiger partial charge in [0.1, 0.15) is 10.7 Å². The minimum atomic E-state index is 0.551. The molecule has 2 heterocycles. The van der Waals surface area contributed by atoms with Gasteiger partial charge in [-0.15, -0.1) is 16.4 Å². The molecule has 92 valence electrons. The maximum absolute atomic E-state index is 5.48. The van der Waals surface area contributed by atoms with E-state index in [9.17, 15) is 0 Å². The Morgan fingerprint density at radius 2 is 2.28 bits per heavy atom. The van der Waals surface area contributed by atoms with Gasteiger partial charge in [-0.3, -0.25) is 4.68 Å². The molecule has 3 aromatic rings. The Balaban J connectivity index is 2.02. The van der Waals surface area contributed by atoms with Crippen molar-refractivity contribution in [1.29, 1.82) is 0 Å². The molecule has 0 aliphatic carbocycles. The van der Waals surface area contributed by atoms with E-state index in [0.717, 1.165) is 25.4 Å². The van der Waals surface area contributed by atoms with E-state index in [1.54, 1.807) is 16.0 Å². The predicted molar refractivity (Wildman–Crippen MR) is 75.4 cm³/mol. The molecule has 18 heavy (non-hydrogen) atoms. The number of aromatic nitrogens is 4. The van der Waals surface area contributed by atoms with Crippen LogP contribution in [0, 0.1) is 0 Å². The zero-order valence-corrected chi connectivity index (χ0v) is 11.8. The lowest BCUT2D eigenvalue weighted by atomic mass is 10.3. The van der Waals surface area contributed by atoms with Gasteiger partial charge in [-0.05, 0) is 18.2 Å². The molecule has 1 aromatic carbocycles. The van der Waals surface area contributed by atoms with Crippen molar-refractivity contribution in [2.75, 3.05) is 6.54 Å². The first-order valence-electron chi connectivity index (χ1n) is 5.43. The summed E-state index contributed by atoms with van der Waals surface area (Å²) in [6, 6.07) is 6.03. The quantitative estimate of drug-likeness (QED) is 0.802. The zero-order chi connectivity index (χ0) is 12.5. The number of hydrogen-bond acceptors (Lipinski definition) is 5. The smallest absolute Gasteiger partial charge is 0.146 e. The Hall–Kier alpha value is -1.31. The van der Waals surface area contributed by atoms with Crippen LogP contribution in [0.25, 0.3) is 20.9 Å². The van der Waals surface area contributed by atoms with Gasteiger partial charge in [-0.1, -0.05) is 21.1 Å². The molecule has 0 spiro atoms. The van der Waals surface area contributed by atoms with Crippen molar-refractivity contribution in [3.8, 4) is 10.7 Å². The van der Waals surface area contributed by atoms with Gasteiger partial charge in [0.25, 0.3) is 0 Å². The van der Waals surface area contributed by atoms with Crippen LogP contribution in [0.2, 0.25) is 0 Å². The van der Waals surface area contributed by atoms with Crippen LogP contribution < -0.4 is 5.73 Å². The highest BCUT2D eigenvalue weighted by Gasteiger charge is 2.10. The molecule has 7 heteroatoms. The SMILES string of the molecule is NCCn1cc(-c2nc3ccc(Br)cc3s2)nn1. The molecule has 5 nitrogen and oxygen atoms in total. The lowest BCUT2D eigenvalue weighted by Gasteiger charge is -1.92. The van der Waals surface area contributed by atoms with Crippen LogP contribution in [-0.4, -0.2) is 26.5 Å². The van der Waals surface area contributed by atoms with Crippen LogP contribution in [-0.2, 0) is 6.54 Å². The molecular weight excluding hydrogens is 314 g/mol. The van der Waals surface area contributed by atoms with E-state index in [4.69, 9.17) is 5.73 Å². The van der Waals surface area contributed by atoms with E-state index >= 15 is 0 Å². The van der Waals surface area contributed by atoms with Crippen LogP contribution in [0.1, 0.15) is 0 Å². The molecule has 2 N–H and O–H groups in total. The number of thiazole rings is 1. The zero-order valence-electron chi connectivity index (χ0n) is 9.38. The molecule has 0 unspecified atom stereocenters. The third kappa shape index (κ3) is 2.16. The summed E-state index contributed by atoms with van der Waals surface area (Å²) in [5.74, 6) is 0. The first-order chi connectivity index (χ1) is 8.76. The van der Waals surface area contributed by atoms with Gasteiger partial charge < -0.3 is 5.73 Å². The molecule has 0 aliphatic rings. The monoisotopic (exact) mass is 323 g/mol. The summed E-state index contributed by atoms with van der Waals surface area (Å²) < 4.78 is 3.92. The number of rotatable bonds is 3. The summed E-state index contributed by atoms with van der Waals surface area (Å²) in [6.45, 7) is 1.22. The highest BCUT2D eigenvalue weighted by molar-refractivity contribution is 9.10. The Labute approximate surface area is 116 Å². The average Bonchev–Trinajstić information content (AvgIpc) is 2.94. The molecule has 0 bridgehead atoms. The first kappa shape index (κ1) is 11.8. The van der Waals surface area contributed by atoms with Gasteiger partial charge in [0.2, 0.25) is 0 Å². The van der Waals surface area contributed by atoms with Gasteiger partial charge in [-0.2, -0.15) is 0 Å². The summed E-state index contributed by atoms with van der Waals surface area (Å²) in [5.41, 5.74) is 7.25. The second kappa shape index (κ2) is 4.75. The first-order valence-corrected chi connectivity index (χ1v) is 7.04. The molecule has 0 saturated heterocycles. The molecule has 0 saturated carbocycles. The third-order valence-corrected chi connectivity index (χ3v) is 4.00. The molecule has 2 aromatic heterocycles. The lowest BCUT2D eigenvalue weighted by Crippen LogP contribution is -2.10. The second-order valence-electron chi connectivity index (χ2n) is 3.79. The van der Waals surface area contributed by atoms with Crippen molar-refractivity contribution < 1.29 is 0 Å². The molecular formula is C11H10BrN5S. The van der Waals surface area contributed by atoms with Crippen molar-refractivity contribution >= 4 is 37.5 Å². The van der Waals surface area contributed by atoms with E-state index in [0.29, 0.717) is 13.1 Å². The van der Waals surface area contributed by atoms with Gasteiger partial charge in [0.05, 0.1) is 23.0 Å². The van der Waals surface area contributed by atoms with Crippen molar-refractivity contribution in [3.63, 3.8) is 0 Å². The van der Waals surface area contributed by atoms with Gasteiger partial charge >= 0.3 is 0 Å². The van der Waals surface area contributed by atoms with Gasteiger partial charge in [0, 0.05) is 11.0 Å². The molecule has 0 amide bonds. The topological polar surface area (TPSA) is 69.6 Å². The summed E-state index contributed by atoms with van der Waals surface area (Å²) in [5, 5.41) is 9.01. The molecule has 0 fully saturated rings. The Bertz CT molecular complexity index is 690. The highest BCUT2D eigenvalue weighted by atomic mass is 79.9. The van der Waals surface area contributed by atoms with Crippen LogP contribution in [0.5, 0.6) is 0 Å². The lowest BCUT2D eigenvalue weighted by molar-refractivity contribution is 0.598. The van der Waals surface area contributed by atoms with E-state index < -0.39 is 0 Å². The van der Waals surface area contributed by atoms with E-state index in [-0.39, 0.29) is 0 Å². The number of nitrogens with zero attached hydrogens (tertiary/aromatic N) is 4. The van der Waals surface area contributed by atoms with Gasteiger partial charge in [0.15, 0.2) is 0 Å². The Morgan fingerprint density at radius 1 is 1.39 bits per heavy atom. The van der Waals surface area contributed by atoms with Crippen molar-refractivity contribution in [2.45, 2.75) is 6.54 Å². The van der Waals surface area contributed by atoms with Crippen molar-refractivity contribution in [1.82, 2.24) is 20.0 Å². The predicted octanol–water partition coefficient (Wildman–Crippen LogP) is 2.28. The maximum atomic E-state index is 5.48. The summed E-state index contributed by atoms with van der Waals surface area (Å²) >= 11 is 5.06. The summed E-state index contributed by atoms with van der Waals surface area (Å²) in [6.07, 6.45) is 1.87. The van der Waals surface area contributed by atoms with Crippen LogP contribution >= 0.6 is 27.3 Å². The Kier molecular flexibility index (Phi) is 3.11. The van der Waals surface area contributed by atoms with E-state index in [1.807, 2.05) is 18.3 Å². The van der Waals surface area contributed by atoms with Crippen molar-refractivity contribution in [3.05, 3.63) is 28.9 Å². The van der Waals surface area contributed by atoms with E-state index in [1.165, 1.54) is 0 Å². The van der Waals surface area contributed by atoms with Crippen LogP contribution in [0.4, 0.5) is 0 Å². The second-order valence-corrected chi connectivity index (χ2v) is 5.73. The number of hydrogen-bond donors (Lipinski definition) is 1. The standard InChI is InChI=1S/C11H10BrN5S/c12-7-1-2-8-10(5-7)18-11(14-8)9-6-17(4-3-13)16-15-9/h1-2,5-6H,3-4,13H2. The van der Waals surface area contributed by atoms with Crippen molar-refractivity contribution in [2.24, 2.45) is 5.73 Å². The maximum Gasteiger partial charge on any atom is 0.146 e. The Morgan fingerprint density at radius 3 is 3.11 bits per heavy atom. The largest absolute Gasteiger partial charge is 0.329 e. The minimum absolute atomic E-state index is 0.551. The highest BCUT2D eigenvalue weighted by Crippen LogP contribution is 2.30. The minimum Gasteiger partial charge on any atom is -0.329 e. The fraction of sp³-hybridized carbons (Fsp3) is 0.182.